The highest BCUT2D eigenvalue weighted by atomic mass is 32.1. The molecule has 0 aliphatic heterocycles. The van der Waals surface area contributed by atoms with E-state index >= 15 is 0 Å². The van der Waals surface area contributed by atoms with Crippen LogP contribution in [-0.2, 0) is 4.79 Å². The Morgan fingerprint density at radius 3 is 2.60 bits per heavy atom. The fourth-order valence-electron chi connectivity index (χ4n) is 2.59. The Balaban J connectivity index is 1.71. The van der Waals surface area contributed by atoms with Crippen LogP contribution in [0.1, 0.15) is 24.8 Å². The first-order valence-electron chi connectivity index (χ1n) is 7.78. The van der Waals surface area contributed by atoms with Gasteiger partial charge in [0.1, 0.15) is 22.3 Å². The summed E-state index contributed by atoms with van der Waals surface area (Å²) >= 11 is 1.29. The molecular formula is C19H16F2N2OS. The zero-order chi connectivity index (χ0) is 17.8. The van der Waals surface area contributed by atoms with Crippen molar-refractivity contribution in [2.75, 3.05) is 5.32 Å². The molecule has 6 heteroatoms. The van der Waals surface area contributed by atoms with Crippen molar-refractivity contribution in [2.24, 2.45) is 0 Å². The minimum atomic E-state index is -0.330. The number of anilines is 1. The van der Waals surface area contributed by atoms with Crippen molar-refractivity contribution < 1.29 is 13.6 Å². The number of hydrogen-bond acceptors (Lipinski definition) is 3. The minimum Gasteiger partial charge on any atom is -0.316 e. The average molecular weight is 358 g/mol. The van der Waals surface area contributed by atoms with Crippen molar-refractivity contribution in [3.8, 4) is 11.3 Å². The van der Waals surface area contributed by atoms with Gasteiger partial charge in [-0.25, -0.2) is 13.8 Å². The van der Waals surface area contributed by atoms with E-state index in [2.05, 4.69) is 10.3 Å². The number of carbonyl (C=O) groups excluding carboxylic acids is 1. The van der Waals surface area contributed by atoms with Crippen LogP contribution < -0.4 is 5.32 Å². The van der Waals surface area contributed by atoms with E-state index in [1.807, 2.05) is 6.92 Å². The predicted octanol–water partition coefficient (Wildman–Crippen LogP) is 5.22. The number of thiazole rings is 1. The number of benzene rings is 2. The van der Waals surface area contributed by atoms with E-state index in [0.29, 0.717) is 16.3 Å². The topological polar surface area (TPSA) is 42.0 Å². The van der Waals surface area contributed by atoms with Crippen LogP contribution in [-0.4, -0.2) is 10.9 Å². The Hall–Kier alpha value is -2.60. The number of hydrogen-bond donors (Lipinski definition) is 1. The van der Waals surface area contributed by atoms with Gasteiger partial charge in [0.15, 0.2) is 0 Å². The number of amides is 1. The van der Waals surface area contributed by atoms with Crippen molar-refractivity contribution in [3.05, 3.63) is 71.2 Å². The highest BCUT2D eigenvalue weighted by Crippen LogP contribution is 2.31. The molecule has 25 heavy (non-hydrogen) atoms. The van der Waals surface area contributed by atoms with Gasteiger partial charge in [0.2, 0.25) is 5.91 Å². The van der Waals surface area contributed by atoms with Gasteiger partial charge >= 0.3 is 0 Å². The molecule has 1 amide bonds. The largest absolute Gasteiger partial charge is 0.316 e. The molecule has 3 rings (SSSR count). The van der Waals surface area contributed by atoms with Gasteiger partial charge in [-0.1, -0.05) is 25.1 Å². The molecule has 0 saturated heterocycles. The SMILES string of the molecule is CC(CC(=O)Nc1scnc1-c1ccc(F)cc1)c1ccccc1F. The molecule has 0 radical (unpaired) electrons. The minimum absolute atomic E-state index is 0.154. The average Bonchev–Trinajstić information content (AvgIpc) is 3.03. The van der Waals surface area contributed by atoms with Crippen LogP contribution >= 0.6 is 11.3 Å². The molecule has 1 unspecified atom stereocenters. The van der Waals surface area contributed by atoms with E-state index in [4.69, 9.17) is 0 Å². The van der Waals surface area contributed by atoms with E-state index < -0.39 is 0 Å². The second-order valence-corrected chi connectivity index (χ2v) is 6.57. The second-order valence-electron chi connectivity index (χ2n) is 5.71. The molecule has 0 spiro atoms. The molecule has 1 heterocycles. The van der Waals surface area contributed by atoms with Gasteiger partial charge in [-0.15, -0.1) is 11.3 Å². The molecule has 0 fully saturated rings. The lowest BCUT2D eigenvalue weighted by atomic mass is 9.97. The molecule has 0 saturated carbocycles. The zero-order valence-electron chi connectivity index (χ0n) is 13.5. The van der Waals surface area contributed by atoms with E-state index in [9.17, 15) is 13.6 Å². The molecule has 3 aromatic rings. The molecular weight excluding hydrogens is 342 g/mol. The van der Waals surface area contributed by atoms with Gasteiger partial charge in [0.05, 0.1) is 5.51 Å². The van der Waals surface area contributed by atoms with E-state index in [0.717, 1.165) is 5.56 Å². The van der Waals surface area contributed by atoms with Crippen LogP contribution in [0.4, 0.5) is 13.8 Å². The van der Waals surface area contributed by atoms with E-state index in [1.165, 1.54) is 29.5 Å². The molecule has 0 aliphatic carbocycles. The number of carbonyl (C=O) groups is 1. The van der Waals surface area contributed by atoms with Crippen LogP contribution in [0.3, 0.4) is 0 Å². The Morgan fingerprint density at radius 1 is 1.16 bits per heavy atom. The monoisotopic (exact) mass is 358 g/mol. The first kappa shape index (κ1) is 17.2. The van der Waals surface area contributed by atoms with Crippen LogP contribution in [0, 0.1) is 11.6 Å². The first-order chi connectivity index (χ1) is 12.0. The van der Waals surface area contributed by atoms with Crippen molar-refractivity contribution in [1.29, 1.82) is 0 Å². The summed E-state index contributed by atoms with van der Waals surface area (Å²) in [6, 6.07) is 12.4. The summed E-state index contributed by atoms with van der Waals surface area (Å²) in [4.78, 5) is 16.6. The number of nitrogens with one attached hydrogen (secondary N) is 1. The van der Waals surface area contributed by atoms with Gasteiger partial charge in [0, 0.05) is 12.0 Å². The highest BCUT2D eigenvalue weighted by Gasteiger charge is 2.17. The molecule has 0 bridgehead atoms. The molecule has 3 nitrogen and oxygen atoms in total. The van der Waals surface area contributed by atoms with Crippen molar-refractivity contribution in [3.63, 3.8) is 0 Å². The van der Waals surface area contributed by atoms with Gasteiger partial charge in [-0.3, -0.25) is 4.79 Å². The van der Waals surface area contributed by atoms with Gasteiger partial charge < -0.3 is 5.32 Å². The molecule has 1 N–H and O–H groups in total. The summed E-state index contributed by atoms with van der Waals surface area (Å²) in [5, 5.41) is 3.42. The molecule has 1 aromatic heterocycles. The maximum atomic E-state index is 13.8. The maximum absolute atomic E-state index is 13.8. The fourth-order valence-corrected chi connectivity index (χ4v) is 3.31. The lowest BCUT2D eigenvalue weighted by Crippen LogP contribution is -2.14. The number of aromatic nitrogens is 1. The third-order valence-corrected chi connectivity index (χ3v) is 4.61. The lowest BCUT2D eigenvalue weighted by Gasteiger charge is -2.12. The van der Waals surface area contributed by atoms with E-state index in [1.54, 1.807) is 35.8 Å². The lowest BCUT2D eigenvalue weighted by molar-refractivity contribution is -0.116. The summed E-state index contributed by atoms with van der Waals surface area (Å²) < 4.78 is 26.9. The van der Waals surface area contributed by atoms with E-state index in [-0.39, 0.29) is 29.9 Å². The molecule has 1 atom stereocenters. The molecule has 2 aromatic carbocycles. The van der Waals surface area contributed by atoms with Gasteiger partial charge in [-0.05, 0) is 41.8 Å². The van der Waals surface area contributed by atoms with Crippen LogP contribution in [0.5, 0.6) is 0 Å². The summed E-state index contributed by atoms with van der Waals surface area (Å²) in [6.45, 7) is 1.81. The maximum Gasteiger partial charge on any atom is 0.225 e. The Bertz CT molecular complexity index is 877. The van der Waals surface area contributed by atoms with Crippen molar-refractivity contribution in [1.82, 2.24) is 4.98 Å². The quantitative estimate of drug-likeness (QED) is 0.679. The molecule has 0 aliphatic rings. The van der Waals surface area contributed by atoms with Gasteiger partial charge in [0.25, 0.3) is 0 Å². The van der Waals surface area contributed by atoms with Crippen LogP contribution in [0.25, 0.3) is 11.3 Å². The van der Waals surface area contributed by atoms with Crippen molar-refractivity contribution in [2.45, 2.75) is 19.3 Å². The third-order valence-electron chi connectivity index (χ3n) is 3.87. The number of halogens is 2. The summed E-state index contributed by atoms with van der Waals surface area (Å²) in [5.74, 6) is -1.11. The zero-order valence-corrected chi connectivity index (χ0v) is 14.3. The Morgan fingerprint density at radius 2 is 1.88 bits per heavy atom. The fraction of sp³-hybridized carbons (Fsp3) is 0.158. The first-order valence-corrected chi connectivity index (χ1v) is 8.66. The predicted molar refractivity (Wildman–Crippen MR) is 95.6 cm³/mol. The van der Waals surface area contributed by atoms with Crippen LogP contribution in [0.15, 0.2) is 54.0 Å². The molecule has 128 valence electrons. The van der Waals surface area contributed by atoms with Crippen LogP contribution in [0.2, 0.25) is 0 Å². The standard InChI is InChI=1S/C19H16F2N2OS/c1-12(15-4-2-3-5-16(15)21)10-17(24)23-19-18(22-11-25-19)13-6-8-14(20)9-7-13/h2-9,11-12H,10H2,1H3,(H,23,24). The highest BCUT2D eigenvalue weighted by molar-refractivity contribution is 7.14. The Labute approximate surface area is 148 Å². The smallest absolute Gasteiger partial charge is 0.225 e. The summed E-state index contributed by atoms with van der Waals surface area (Å²) in [6.07, 6.45) is 0.154. The number of rotatable bonds is 5. The third kappa shape index (κ3) is 4.09. The summed E-state index contributed by atoms with van der Waals surface area (Å²) in [5.41, 5.74) is 3.45. The summed E-state index contributed by atoms with van der Waals surface area (Å²) in [7, 11) is 0. The normalized spacial score (nSPS) is 12.0. The van der Waals surface area contributed by atoms with Gasteiger partial charge in [-0.2, -0.15) is 0 Å². The second kappa shape index (κ2) is 7.53. The Kier molecular flexibility index (Phi) is 5.19. The van der Waals surface area contributed by atoms with Crippen molar-refractivity contribution >= 4 is 22.2 Å². The number of nitrogens with zero attached hydrogens (tertiary/aromatic N) is 1.